The highest BCUT2D eigenvalue weighted by Crippen LogP contribution is 2.34. The number of nitrogens with zero attached hydrogens (tertiary/aromatic N) is 2. The van der Waals surface area contributed by atoms with Crippen molar-refractivity contribution in [1.29, 1.82) is 0 Å². The van der Waals surface area contributed by atoms with Gasteiger partial charge in [-0.15, -0.1) is 0 Å². The number of benzene rings is 4. The van der Waals surface area contributed by atoms with Gasteiger partial charge in [-0.1, -0.05) is 78.4 Å². The smallest absolute Gasteiger partial charge is 0.300 e. The van der Waals surface area contributed by atoms with E-state index in [1.807, 2.05) is 90.1 Å². The first kappa shape index (κ1) is 52.6. The van der Waals surface area contributed by atoms with Crippen LogP contribution >= 0.6 is 0 Å². The molecule has 70 heavy (non-hydrogen) atoms. The Morgan fingerprint density at radius 1 is 0.586 bits per heavy atom. The van der Waals surface area contributed by atoms with Crippen LogP contribution in [0.25, 0.3) is 22.9 Å². The molecule has 0 spiro atoms. The van der Waals surface area contributed by atoms with Gasteiger partial charge < -0.3 is 27.8 Å². The minimum absolute atomic E-state index is 0.0458. The topological polar surface area (TPSA) is 187 Å². The third-order valence-corrected chi connectivity index (χ3v) is 15.0. The molecule has 2 heterocycles. The molecule has 1 N–H and O–H groups in total. The monoisotopic (exact) mass is 998 g/mol. The molecular formula is C54H66N2O12S2. The van der Waals surface area contributed by atoms with Crippen LogP contribution < -0.4 is 4.74 Å². The van der Waals surface area contributed by atoms with E-state index in [2.05, 4.69) is 9.97 Å². The quantitative estimate of drug-likeness (QED) is 0.0633. The van der Waals surface area contributed by atoms with E-state index in [0.29, 0.717) is 49.3 Å². The minimum Gasteiger partial charge on any atom is -0.486 e. The molecule has 4 aromatic carbocycles. The molecule has 0 amide bonds. The zero-order chi connectivity index (χ0) is 50.0. The molecule has 8 rings (SSSR count). The summed E-state index contributed by atoms with van der Waals surface area (Å²) in [6, 6.07) is 26.0. The lowest BCUT2D eigenvalue weighted by atomic mass is 9.94. The molecule has 376 valence electrons. The molecule has 6 aromatic rings. The van der Waals surface area contributed by atoms with Crippen molar-refractivity contribution in [3.8, 4) is 28.7 Å². The van der Waals surface area contributed by atoms with Crippen LogP contribution in [-0.4, -0.2) is 69.0 Å². The fourth-order valence-corrected chi connectivity index (χ4v) is 10.7. The first-order valence-corrected chi connectivity index (χ1v) is 27.0. The number of aryl methyl sites for hydroxylation is 6. The average molecular weight is 999 g/mol. The van der Waals surface area contributed by atoms with Gasteiger partial charge >= 0.3 is 10.1 Å². The van der Waals surface area contributed by atoms with Gasteiger partial charge in [-0.2, -0.15) is 16.8 Å². The highest BCUT2D eigenvalue weighted by molar-refractivity contribution is 7.87. The van der Waals surface area contributed by atoms with Crippen molar-refractivity contribution in [3.05, 3.63) is 136 Å². The van der Waals surface area contributed by atoms with Crippen LogP contribution in [0.1, 0.15) is 109 Å². The first-order valence-electron chi connectivity index (χ1n) is 24.1. The molecule has 2 aromatic heterocycles. The number of ether oxygens (including phenoxy) is 4. The maximum atomic E-state index is 12.6. The van der Waals surface area contributed by atoms with E-state index < -0.39 is 20.2 Å². The number of rotatable bonds is 18. The lowest BCUT2D eigenvalue weighted by Crippen LogP contribution is -2.37. The number of oxazole rings is 2. The van der Waals surface area contributed by atoms with Gasteiger partial charge in [0, 0.05) is 11.1 Å². The molecule has 2 fully saturated rings. The van der Waals surface area contributed by atoms with E-state index in [1.165, 1.54) is 6.07 Å². The molecule has 2 aliphatic rings. The SMILES string of the molecule is CCOS(=O)(=O)c1ccc(C)cc1O[C@@H]1CCCCC1OCc1nc(-c2cccc(C)c2)oc1C.Cc1cccc(-c2nc(COC3CCCCC3OCCc3cc(C)ccc3S(=O)(=O)O)c(C)o2)c1. The average Bonchev–Trinajstić information content (AvgIpc) is 3.89. The van der Waals surface area contributed by atoms with Crippen molar-refractivity contribution >= 4 is 20.2 Å². The van der Waals surface area contributed by atoms with Gasteiger partial charge in [0.05, 0.1) is 49.6 Å². The summed E-state index contributed by atoms with van der Waals surface area (Å²) >= 11 is 0. The summed E-state index contributed by atoms with van der Waals surface area (Å²) in [7, 11) is -8.18. The van der Waals surface area contributed by atoms with Gasteiger partial charge in [0.1, 0.15) is 39.7 Å². The largest absolute Gasteiger partial charge is 0.486 e. The van der Waals surface area contributed by atoms with Gasteiger partial charge in [0.15, 0.2) is 0 Å². The van der Waals surface area contributed by atoms with Crippen LogP contribution in [-0.2, 0) is 58.3 Å². The van der Waals surface area contributed by atoms with Gasteiger partial charge in [-0.3, -0.25) is 8.74 Å². The summed E-state index contributed by atoms with van der Waals surface area (Å²) < 4.78 is 100. The summed E-state index contributed by atoms with van der Waals surface area (Å²) in [5.41, 5.74) is 8.09. The third kappa shape index (κ3) is 14.0. The minimum atomic E-state index is -4.28. The van der Waals surface area contributed by atoms with Gasteiger partial charge in [0.25, 0.3) is 10.1 Å². The van der Waals surface area contributed by atoms with Gasteiger partial charge in [-0.25, -0.2) is 9.97 Å². The molecule has 3 unspecified atom stereocenters. The fraction of sp³-hybridized carbons (Fsp3) is 0.444. The second-order valence-corrected chi connectivity index (χ2v) is 21.2. The maximum Gasteiger partial charge on any atom is 0.300 e. The van der Waals surface area contributed by atoms with Crippen molar-refractivity contribution in [2.24, 2.45) is 0 Å². The zero-order valence-electron chi connectivity index (χ0n) is 41.2. The normalized spacial score (nSPS) is 18.6. The molecule has 4 atom stereocenters. The van der Waals surface area contributed by atoms with Gasteiger partial charge in [-0.05, 0) is 141 Å². The Balaban J connectivity index is 0.000000206. The molecule has 2 aliphatic carbocycles. The summed E-state index contributed by atoms with van der Waals surface area (Å²) in [5, 5.41) is 0. The fourth-order valence-electron chi connectivity index (χ4n) is 8.90. The van der Waals surface area contributed by atoms with Crippen LogP contribution in [0.15, 0.2) is 104 Å². The zero-order valence-corrected chi connectivity index (χ0v) is 42.9. The summed E-state index contributed by atoms with van der Waals surface area (Å²) in [6.07, 6.45) is 7.31. The van der Waals surface area contributed by atoms with Crippen molar-refractivity contribution in [2.45, 2.75) is 154 Å². The lowest BCUT2D eigenvalue weighted by molar-refractivity contribution is -0.0981. The number of hydrogen-bond acceptors (Lipinski definition) is 13. The molecular weight excluding hydrogens is 933 g/mol. The maximum absolute atomic E-state index is 12.6. The van der Waals surface area contributed by atoms with E-state index >= 15 is 0 Å². The van der Waals surface area contributed by atoms with Crippen molar-refractivity contribution < 1.29 is 53.4 Å². The van der Waals surface area contributed by atoms with Crippen molar-refractivity contribution in [2.75, 3.05) is 13.2 Å². The van der Waals surface area contributed by atoms with Crippen molar-refractivity contribution in [1.82, 2.24) is 9.97 Å². The van der Waals surface area contributed by atoms with Crippen LogP contribution in [0, 0.1) is 41.5 Å². The highest BCUT2D eigenvalue weighted by Gasteiger charge is 2.32. The standard InChI is InChI=1S/2C27H33NO6S/c1-18-7-6-8-22(16-18)27-28-23(20(3)34-27)17-33-25-10-5-4-9-24(25)32-14-13-21-15-19(2)11-12-26(21)35(29,30)31;1-5-32-35(29,30)26-14-13-19(3)16-25(26)34-24-12-7-6-11-23(24)31-17-22-20(4)33-27(28-22)21-10-8-9-18(2)15-21/h6-8,11-12,15-16,24-25H,4-5,9-10,13-14,17H2,1-3H3,(H,29,30,31);8-10,13-16,23-24H,5-7,11-12,17H2,1-4H3/t;23?,24-/m.1/s1. The number of hydrogen-bond donors (Lipinski definition) is 1. The Kier molecular flexibility index (Phi) is 17.9. The molecule has 2 saturated carbocycles. The van der Waals surface area contributed by atoms with E-state index in [1.54, 1.807) is 37.3 Å². The van der Waals surface area contributed by atoms with E-state index in [9.17, 15) is 21.4 Å². The summed E-state index contributed by atoms with van der Waals surface area (Å²) in [5.74, 6) is 2.93. The van der Waals surface area contributed by atoms with E-state index in [0.717, 1.165) is 108 Å². The summed E-state index contributed by atoms with van der Waals surface area (Å²) in [4.78, 5) is 9.31. The Bertz CT molecular complexity index is 2930. The Morgan fingerprint density at radius 2 is 1.06 bits per heavy atom. The molecule has 0 radical (unpaired) electrons. The van der Waals surface area contributed by atoms with Crippen LogP contribution in [0.5, 0.6) is 5.75 Å². The third-order valence-electron chi connectivity index (χ3n) is 12.6. The highest BCUT2D eigenvalue weighted by atomic mass is 32.2. The molecule has 16 heteroatoms. The Morgan fingerprint density at radius 3 is 1.57 bits per heavy atom. The number of aromatic nitrogens is 2. The predicted octanol–water partition coefficient (Wildman–Crippen LogP) is 11.5. The van der Waals surface area contributed by atoms with Crippen LogP contribution in [0.3, 0.4) is 0 Å². The predicted molar refractivity (Wildman–Crippen MR) is 266 cm³/mol. The Labute approximate surface area is 413 Å². The first-order chi connectivity index (χ1) is 33.5. The van der Waals surface area contributed by atoms with Crippen LogP contribution in [0.4, 0.5) is 0 Å². The molecule has 0 aliphatic heterocycles. The lowest BCUT2D eigenvalue weighted by Gasteiger charge is -2.32. The van der Waals surface area contributed by atoms with Gasteiger partial charge in [0.2, 0.25) is 11.8 Å². The van der Waals surface area contributed by atoms with E-state index in [-0.39, 0.29) is 40.8 Å². The summed E-state index contributed by atoms with van der Waals surface area (Å²) in [6.45, 7) is 14.3. The van der Waals surface area contributed by atoms with E-state index in [4.69, 9.17) is 32.0 Å². The second-order valence-electron chi connectivity index (χ2n) is 18.3. The molecule has 14 nitrogen and oxygen atoms in total. The van der Waals surface area contributed by atoms with Crippen LogP contribution in [0.2, 0.25) is 0 Å². The van der Waals surface area contributed by atoms with Crippen molar-refractivity contribution in [3.63, 3.8) is 0 Å². The Hall–Kier alpha value is -5.20. The second kappa shape index (κ2) is 23.8. The molecule has 0 saturated heterocycles. The molecule has 0 bridgehead atoms.